The molecule has 1 saturated carbocycles. The van der Waals surface area contributed by atoms with Gasteiger partial charge in [0, 0.05) is 11.6 Å². The average Bonchev–Trinajstić information content (AvgIpc) is 2.46. The molecule has 3 nitrogen and oxygen atoms in total. The van der Waals surface area contributed by atoms with E-state index in [4.69, 9.17) is 10.5 Å². The van der Waals surface area contributed by atoms with Gasteiger partial charge in [-0.2, -0.15) is 0 Å². The molecule has 20 heavy (non-hydrogen) atoms. The highest BCUT2D eigenvalue weighted by molar-refractivity contribution is 5.85. The summed E-state index contributed by atoms with van der Waals surface area (Å²) in [6, 6.07) is 3.91. The molecule has 2 rings (SSSR count). The lowest BCUT2D eigenvalue weighted by atomic mass is 9.81. The summed E-state index contributed by atoms with van der Waals surface area (Å²) < 4.78 is 18.9. The fraction of sp³-hybridized carbons (Fsp3) is 0.600. The van der Waals surface area contributed by atoms with Gasteiger partial charge in [0.15, 0.2) is 0 Å². The van der Waals surface area contributed by atoms with E-state index in [2.05, 4.69) is 0 Å². The number of ether oxygens (including phenoxy) is 1. The van der Waals surface area contributed by atoms with Gasteiger partial charge in [0.2, 0.25) is 0 Å². The number of hydrogen-bond acceptors (Lipinski definition) is 3. The number of nitrogens with two attached hydrogens (primary N) is 1. The van der Waals surface area contributed by atoms with Gasteiger partial charge >= 0.3 is 0 Å². The Morgan fingerprint density at radius 3 is 2.50 bits per heavy atom. The van der Waals surface area contributed by atoms with Crippen LogP contribution in [-0.2, 0) is 0 Å². The Morgan fingerprint density at radius 2 is 1.95 bits per heavy atom. The molecular formula is C15H23ClFNO2. The first kappa shape index (κ1) is 17.2. The zero-order chi connectivity index (χ0) is 13.8. The van der Waals surface area contributed by atoms with Crippen LogP contribution in [0.3, 0.4) is 0 Å². The third-order valence-corrected chi connectivity index (χ3v) is 4.07. The first-order chi connectivity index (χ1) is 9.13. The molecular weight excluding hydrogens is 281 g/mol. The molecule has 0 spiro atoms. The van der Waals surface area contributed by atoms with E-state index in [9.17, 15) is 9.50 Å². The summed E-state index contributed by atoms with van der Waals surface area (Å²) in [4.78, 5) is 0. The maximum atomic E-state index is 13.9. The summed E-state index contributed by atoms with van der Waals surface area (Å²) in [7, 11) is 1.49. The highest BCUT2D eigenvalue weighted by Crippen LogP contribution is 2.32. The van der Waals surface area contributed by atoms with Crippen LogP contribution in [0, 0.1) is 11.7 Å². The quantitative estimate of drug-likeness (QED) is 0.898. The molecule has 1 aliphatic carbocycles. The van der Waals surface area contributed by atoms with Crippen LogP contribution >= 0.6 is 12.4 Å². The van der Waals surface area contributed by atoms with Crippen molar-refractivity contribution in [1.82, 2.24) is 0 Å². The van der Waals surface area contributed by atoms with Crippen molar-refractivity contribution in [3.63, 3.8) is 0 Å². The van der Waals surface area contributed by atoms with Crippen LogP contribution in [0.1, 0.15) is 43.7 Å². The fourth-order valence-electron chi connectivity index (χ4n) is 2.86. The molecule has 0 amide bonds. The van der Waals surface area contributed by atoms with E-state index >= 15 is 0 Å². The van der Waals surface area contributed by atoms with Crippen LogP contribution in [0.25, 0.3) is 0 Å². The van der Waals surface area contributed by atoms with Gasteiger partial charge in [-0.05, 0) is 24.8 Å². The molecule has 1 aliphatic rings. The predicted octanol–water partition coefficient (Wildman–Crippen LogP) is 3.20. The summed E-state index contributed by atoms with van der Waals surface area (Å²) in [5.41, 5.74) is 6.39. The maximum absolute atomic E-state index is 13.9. The molecule has 5 heteroatoms. The van der Waals surface area contributed by atoms with E-state index in [1.165, 1.54) is 19.6 Å². The highest BCUT2D eigenvalue weighted by Gasteiger charge is 2.29. The summed E-state index contributed by atoms with van der Waals surface area (Å²) in [5.74, 6) is 0.229. The number of methoxy groups -OCH3 is 1. The third-order valence-electron chi connectivity index (χ3n) is 4.07. The number of rotatable bonds is 4. The van der Waals surface area contributed by atoms with Gasteiger partial charge in [-0.25, -0.2) is 4.39 Å². The zero-order valence-corrected chi connectivity index (χ0v) is 12.5. The molecule has 0 heterocycles. The van der Waals surface area contributed by atoms with Crippen molar-refractivity contribution in [2.75, 3.05) is 7.11 Å². The molecule has 1 aromatic carbocycles. The smallest absolute Gasteiger partial charge is 0.131 e. The summed E-state index contributed by atoms with van der Waals surface area (Å²) >= 11 is 0. The van der Waals surface area contributed by atoms with Crippen molar-refractivity contribution in [1.29, 1.82) is 0 Å². The first-order valence-electron chi connectivity index (χ1n) is 6.90. The van der Waals surface area contributed by atoms with Gasteiger partial charge in [-0.1, -0.05) is 25.3 Å². The van der Waals surface area contributed by atoms with Gasteiger partial charge in [0.25, 0.3) is 0 Å². The largest absolute Gasteiger partial charge is 0.497 e. The van der Waals surface area contributed by atoms with E-state index in [0.717, 1.165) is 25.7 Å². The van der Waals surface area contributed by atoms with E-state index in [0.29, 0.717) is 11.3 Å². The Labute approximate surface area is 125 Å². The Hall–Kier alpha value is -0.840. The fourth-order valence-corrected chi connectivity index (χ4v) is 2.86. The molecule has 0 aliphatic heterocycles. The summed E-state index contributed by atoms with van der Waals surface area (Å²) in [5, 5.41) is 10.3. The van der Waals surface area contributed by atoms with E-state index in [-0.39, 0.29) is 18.3 Å². The minimum atomic E-state index is -0.678. The Bertz CT molecular complexity index is 424. The standard InChI is InChI=1S/C15H22FNO2.ClH/c1-19-11-7-8-12(13(16)9-11)14(17)15(18)10-5-3-2-4-6-10;/h7-10,14-15,18H,2-6,17H2,1H3;1H/t14-,15+;/m1./s1. The molecule has 2 atom stereocenters. The second-order valence-electron chi connectivity index (χ2n) is 5.30. The van der Waals surface area contributed by atoms with Gasteiger partial charge in [0.05, 0.1) is 19.3 Å². The number of halogens is 2. The Morgan fingerprint density at radius 1 is 1.30 bits per heavy atom. The van der Waals surface area contributed by atoms with Gasteiger partial charge < -0.3 is 15.6 Å². The minimum Gasteiger partial charge on any atom is -0.497 e. The van der Waals surface area contributed by atoms with Gasteiger partial charge in [-0.3, -0.25) is 0 Å². The topological polar surface area (TPSA) is 55.5 Å². The van der Waals surface area contributed by atoms with Gasteiger partial charge in [0.1, 0.15) is 11.6 Å². The van der Waals surface area contributed by atoms with Crippen molar-refractivity contribution < 1.29 is 14.2 Å². The Kier molecular flexibility index (Phi) is 6.72. The molecule has 0 radical (unpaired) electrons. The lowest BCUT2D eigenvalue weighted by Crippen LogP contribution is -2.34. The van der Waals surface area contributed by atoms with Crippen LogP contribution in [0.5, 0.6) is 5.75 Å². The lowest BCUT2D eigenvalue weighted by molar-refractivity contribution is 0.0607. The van der Waals surface area contributed by atoms with Crippen LogP contribution in [-0.4, -0.2) is 18.3 Å². The maximum Gasteiger partial charge on any atom is 0.131 e. The first-order valence-corrected chi connectivity index (χ1v) is 6.90. The normalized spacial score (nSPS) is 19.0. The monoisotopic (exact) mass is 303 g/mol. The van der Waals surface area contributed by atoms with E-state index in [1.54, 1.807) is 12.1 Å². The number of hydrogen-bond donors (Lipinski definition) is 2. The summed E-state index contributed by atoms with van der Waals surface area (Å²) in [6.07, 6.45) is 4.75. The highest BCUT2D eigenvalue weighted by atomic mass is 35.5. The second kappa shape index (κ2) is 7.81. The van der Waals surface area contributed by atoms with Crippen LogP contribution in [0.4, 0.5) is 4.39 Å². The minimum absolute atomic E-state index is 0. The number of aliphatic hydroxyl groups is 1. The van der Waals surface area contributed by atoms with Crippen molar-refractivity contribution in [2.24, 2.45) is 11.7 Å². The Balaban J connectivity index is 0.00000200. The lowest BCUT2D eigenvalue weighted by Gasteiger charge is -2.30. The molecule has 0 unspecified atom stereocenters. The average molecular weight is 304 g/mol. The molecule has 0 saturated heterocycles. The molecule has 0 aromatic heterocycles. The van der Waals surface area contributed by atoms with Crippen molar-refractivity contribution >= 4 is 12.4 Å². The van der Waals surface area contributed by atoms with Crippen LogP contribution < -0.4 is 10.5 Å². The van der Waals surface area contributed by atoms with E-state index in [1.807, 2.05) is 0 Å². The zero-order valence-electron chi connectivity index (χ0n) is 11.7. The van der Waals surface area contributed by atoms with Crippen LogP contribution in [0.15, 0.2) is 18.2 Å². The molecule has 0 bridgehead atoms. The SMILES string of the molecule is COc1ccc([C@@H](N)[C@@H](O)C2CCCCC2)c(F)c1.Cl. The molecule has 1 fully saturated rings. The second-order valence-corrected chi connectivity index (χ2v) is 5.30. The third kappa shape index (κ3) is 3.84. The molecule has 114 valence electrons. The van der Waals surface area contributed by atoms with Gasteiger partial charge in [-0.15, -0.1) is 12.4 Å². The number of benzene rings is 1. The molecule has 1 aromatic rings. The van der Waals surface area contributed by atoms with Crippen molar-refractivity contribution in [3.05, 3.63) is 29.6 Å². The van der Waals surface area contributed by atoms with Crippen LogP contribution in [0.2, 0.25) is 0 Å². The summed E-state index contributed by atoms with van der Waals surface area (Å²) in [6.45, 7) is 0. The molecule has 3 N–H and O–H groups in total. The number of aliphatic hydroxyl groups excluding tert-OH is 1. The van der Waals surface area contributed by atoms with Crippen molar-refractivity contribution in [3.8, 4) is 5.75 Å². The van der Waals surface area contributed by atoms with Crippen molar-refractivity contribution in [2.45, 2.75) is 44.2 Å². The predicted molar refractivity (Wildman–Crippen MR) is 79.7 cm³/mol. The van der Waals surface area contributed by atoms with E-state index < -0.39 is 18.0 Å².